The van der Waals surface area contributed by atoms with E-state index in [0.29, 0.717) is 17.9 Å². The molecule has 102 valence electrons. The smallest absolute Gasteiger partial charge is 0.210 e. The molecule has 1 aromatic carbocycles. The third kappa shape index (κ3) is 4.88. The maximum absolute atomic E-state index is 12.0. The van der Waals surface area contributed by atoms with Crippen LogP contribution in [0, 0.1) is 11.3 Å². The van der Waals surface area contributed by atoms with E-state index in [1.807, 2.05) is 6.07 Å². The number of hydrogen-bond acceptors (Lipinski definition) is 4. The predicted molar refractivity (Wildman–Crippen MR) is 78.9 cm³/mol. The summed E-state index contributed by atoms with van der Waals surface area (Å²) < 4.78 is 26.4. The molecular formula is C12H13ClN2O2S2. The van der Waals surface area contributed by atoms with Crippen LogP contribution in [0.5, 0.6) is 0 Å². The van der Waals surface area contributed by atoms with Crippen LogP contribution in [0.15, 0.2) is 35.7 Å². The highest BCUT2D eigenvalue weighted by Crippen LogP contribution is 2.22. The fourth-order valence-corrected chi connectivity index (χ4v) is 3.56. The Morgan fingerprint density at radius 2 is 2.26 bits per heavy atom. The quantitative estimate of drug-likeness (QED) is 0.619. The Labute approximate surface area is 122 Å². The topological polar surface area (TPSA) is 70.0 Å². The molecule has 0 aliphatic rings. The van der Waals surface area contributed by atoms with Gasteiger partial charge in [-0.2, -0.15) is 17.0 Å². The van der Waals surface area contributed by atoms with Gasteiger partial charge in [-0.3, -0.25) is 0 Å². The van der Waals surface area contributed by atoms with Crippen molar-refractivity contribution in [3.63, 3.8) is 0 Å². The van der Waals surface area contributed by atoms with Gasteiger partial charge in [-0.25, -0.2) is 13.1 Å². The van der Waals surface area contributed by atoms with Gasteiger partial charge in [0.05, 0.1) is 16.7 Å². The van der Waals surface area contributed by atoms with Gasteiger partial charge in [0.25, 0.3) is 0 Å². The summed E-state index contributed by atoms with van der Waals surface area (Å²) in [7, 11) is -3.63. The summed E-state index contributed by atoms with van der Waals surface area (Å²) in [4.78, 5) is -0.0121. The van der Waals surface area contributed by atoms with Gasteiger partial charge in [0.15, 0.2) is 0 Å². The summed E-state index contributed by atoms with van der Waals surface area (Å²) >= 11 is 7.44. The van der Waals surface area contributed by atoms with Crippen molar-refractivity contribution in [1.82, 2.24) is 4.72 Å². The van der Waals surface area contributed by atoms with E-state index >= 15 is 0 Å². The third-order valence-corrected chi connectivity index (χ3v) is 5.03. The Morgan fingerprint density at radius 1 is 1.53 bits per heavy atom. The van der Waals surface area contributed by atoms with Gasteiger partial charge < -0.3 is 0 Å². The Balaban J connectivity index is 2.72. The SMILES string of the molecule is C=CCSCCNS(=O)(=O)c1ccc(C#N)cc1Cl. The lowest BCUT2D eigenvalue weighted by molar-refractivity contribution is 0.584. The fraction of sp³-hybridized carbons (Fsp3) is 0.250. The van der Waals surface area contributed by atoms with Gasteiger partial charge in [0.1, 0.15) is 4.90 Å². The van der Waals surface area contributed by atoms with Crippen LogP contribution in [-0.2, 0) is 10.0 Å². The van der Waals surface area contributed by atoms with Crippen LogP contribution in [0.4, 0.5) is 0 Å². The van der Waals surface area contributed by atoms with Crippen molar-refractivity contribution in [3.8, 4) is 6.07 Å². The van der Waals surface area contributed by atoms with Gasteiger partial charge >= 0.3 is 0 Å². The molecule has 7 heteroatoms. The van der Waals surface area contributed by atoms with Crippen LogP contribution in [0.2, 0.25) is 5.02 Å². The van der Waals surface area contributed by atoms with Gasteiger partial charge in [-0.1, -0.05) is 17.7 Å². The number of hydrogen-bond donors (Lipinski definition) is 1. The molecule has 0 fully saturated rings. The van der Waals surface area contributed by atoms with E-state index in [1.54, 1.807) is 17.8 Å². The number of nitrogens with one attached hydrogen (secondary N) is 1. The maximum Gasteiger partial charge on any atom is 0.242 e. The Hall–Kier alpha value is -1.00. The number of benzene rings is 1. The van der Waals surface area contributed by atoms with E-state index in [2.05, 4.69) is 11.3 Å². The molecule has 1 aromatic rings. The lowest BCUT2D eigenvalue weighted by atomic mass is 10.2. The molecule has 0 radical (unpaired) electrons. The molecule has 0 unspecified atom stereocenters. The molecule has 0 atom stereocenters. The van der Waals surface area contributed by atoms with Crippen molar-refractivity contribution in [3.05, 3.63) is 41.4 Å². The molecule has 0 spiro atoms. The summed E-state index contributed by atoms with van der Waals surface area (Å²) in [6, 6.07) is 5.99. The lowest BCUT2D eigenvalue weighted by Crippen LogP contribution is -2.26. The monoisotopic (exact) mass is 316 g/mol. The maximum atomic E-state index is 12.0. The van der Waals surface area contributed by atoms with Crippen molar-refractivity contribution in [2.75, 3.05) is 18.1 Å². The van der Waals surface area contributed by atoms with Crippen molar-refractivity contribution in [1.29, 1.82) is 5.26 Å². The molecule has 0 amide bonds. The summed E-state index contributed by atoms with van der Waals surface area (Å²) in [5, 5.41) is 8.74. The van der Waals surface area contributed by atoms with E-state index in [0.717, 1.165) is 5.75 Å². The van der Waals surface area contributed by atoms with Gasteiger partial charge in [-0.05, 0) is 18.2 Å². The molecule has 19 heavy (non-hydrogen) atoms. The summed E-state index contributed by atoms with van der Waals surface area (Å²) in [6.45, 7) is 3.90. The fourth-order valence-electron chi connectivity index (χ4n) is 1.28. The first-order valence-electron chi connectivity index (χ1n) is 5.39. The molecule has 0 bridgehead atoms. The second-order valence-corrected chi connectivity index (χ2v) is 6.81. The Bertz CT molecular complexity index is 594. The second kappa shape index (κ2) is 7.56. The normalized spacial score (nSPS) is 10.9. The number of rotatable bonds is 7. The minimum Gasteiger partial charge on any atom is -0.210 e. The number of halogens is 1. The van der Waals surface area contributed by atoms with Crippen LogP contribution in [0.3, 0.4) is 0 Å². The van der Waals surface area contributed by atoms with Gasteiger partial charge in [0, 0.05) is 18.1 Å². The number of thioether (sulfide) groups is 1. The zero-order chi connectivity index (χ0) is 14.3. The minimum atomic E-state index is -3.63. The lowest BCUT2D eigenvalue weighted by Gasteiger charge is -2.08. The molecule has 0 aromatic heterocycles. The second-order valence-electron chi connectivity index (χ2n) is 3.52. The Kier molecular flexibility index (Phi) is 6.38. The summed E-state index contributed by atoms with van der Waals surface area (Å²) in [5.74, 6) is 1.43. The van der Waals surface area contributed by atoms with E-state index in [-0.39, 0.29) is 9.92 Å². The first-order valence-corrected chi connectivity index (χ1v) is 8.41. The standard InChI is InChI=1S/C12H13ClN2O2S2/c1-2-6-18-7-5-15-19(16,17)12-4-3-10(9-14)8-11(12)13/h2-4,8,15H,1,5-7H2. The summed E-state index contributed by atoms with van der Waals surface area (Å²) in [6.07, 6.45) is 1.76. The van der Waals surface area contributed by atoms with Crippen molar-refractivity contribution in [2.24, 2.45) is 0 Å². The predicted octanol–water partition coefficient (Wildman–Crippen LogP) is 2.41. The van der Waals surface area contributed by atoms with Crippen LogP contribution < -0.4 is 4.72 Å². The number of sulfonamides is 1. The highest BCUT2D eigenvalue weighted by atomic mass is 35.5. The molecule has 0 saturated carbocycles. The van der Waals surface area contributed by atoms with E-state index in [4.69, 9.17) is 16.9 Å². The molecule has 0 aliphatic carbocycles. The average Bonchev–Trinajstić information content (AvgIpc) is 2.37. The van der Waals surface area contributed by atoms with E-state index in [1.165, 1.54) is 18.2 Å². The number of nitriles is 1. The van der Waals surface area contributed by atoms with Gasteiger partial charge in [-0.15, -0.1) is 6.58 Å². The minimum absolute atomic E-state index is 0.0121. The van der Waals surface area contributed by atoms with Crippen LogP contribution in [-0.4, -0.2) is 26.5 Å². The Morgan fingerprint density at radius 3 is 2.84 bits per heavy atom. The van der Waals surface area contributed by atoms with Crippen LogP contribution in [0.1, 0.15) is 5.56 Å². The highest BCUT2D eigenvalue weighted by Gasteiger charge is 2.17. The van der Waals surface area contributed by atoms with Crippen LogP contribution in [0.25, 0.3) is 0 Å². The largest absolute Gasteiger partial charge is 0.242 e. The highest BCUT2D eigenvalue weighted by molar-refractivity contribution is 7.99. The zero-order valence-electron chi connectivity index (χ0n) is 10.1. The molecule has 0 aliphatic heterocycles. The van der Waals surface area contributed by atoms with E-state index < -0.39 is 10.0 Å². The average molecular weight is 317 g/mol. The van der Waals surface area contributed by atoms with Gasteiger partial charge in [0.2, 0.25) is 10.0 Å². The molecule has 1 N–H and O–H groups in total. The number of nitrogens with zero attached hydrogens (tertiary/aromatic N) is 1. The van der Waals surface area contributed by atoms with Crippen molar-refractivity contribution >= 4 is 33.4 Å². The first-order chi connectivity index (χ1) is 9.01. The molecular weight excluding hydrogens is 304 g/mol. The molecule has 0 saturated heterocycles. The molecule has 1 rings (SSSR count). The summed E-state index contributed by atoms with van der Waals surface area (Å²) in [5.41, 5.74) is 0.325. The van der Waals surface area contributed by atoms with Crippen LogP contribution >= 0.6 is 23.4 Å². The molecule has 4 nitrogen and oxygen atoms in total. The van der Waals surface area contributed by atoms with Crippen molar-refractivity contribution < 1.29 is 8.42 Å². The third-order valence-electron chi connectivity index (χ3n) is 2.12. The molecule has 0 heterocycles. The van der Waals surface area contributed by atoms with E-state index in [9.17, 15) is 8.42 Å². The zero-order valence-corrected chi connectivity index (χ0v) is 12.5. The first kappa shape index (κ1) is 16.1. The van der Waals surface area contributed by atoms with Crippen molar-refractivity contribution in [2.45, 2.75) is 4.90 Å².